The monoisotopic (exact) mass is 445 g/mol. The molecule has 0 fully saturated rings. The van der Waals surface area contributed by atoms with Crippen molar-refractivity contribution < 1.29 is 17.9 Å². The Morgan fingerprint density at radius 2 is 1.48 bits per heavy atom. The van der Waals surface area contributed by atoms with Gasteiger partial charge in [-0.15, -0.1) is 0 Å². The van der Waals surface area contributed by atoms with Gasteiger partial charge < -0.3 is 4.74 Å². The van der Waals surface area contributed by atoms with Crippen molar-refractivity contribution in [3.05, 3.63) is 24.3 Å². The van der Waals surface area contributed by atoms with Gasteiger partial charge in [-0.25, -0.2) is 8.42 Å². The molecular formula is C22H36ClNO4S. The van der Waals surface area contributed by atoms with Crippen molar-refractivity contribution >= 4 is 32.6 Å². The summed E-state index contributed by atoms with van der Waals surface area (Å²) in [6, 6.07) is 6.56. The lowest BCUT2D eigenvalue weighted by Gasteiger charge is -2.16. The minimum Gasteiger partial charge on any atom is -0.481 e. The van der Waals surface area contributed by atoms with Crippen LogP contribution in [-0.4, -0.2) is 25.5 Å². The lowest BCUT2D eigenvalue weighted by atomic mass is 10.1. The number of hydrogen-bond acceptors (Lipinski definition) is 4. The van der Waals surface area contributed by atoms with E-state index in [0.717, 1.165) is 19.3 Å². The van der Waals surface area contributed by atoms with Crippen molar-refractivity contribution in [3.8, 4) is 5.75 Å². The summed E-state index contributed by atoms with van der Waals surface area (Å²) in [7, 11) is -3.34. The predicted octanol–water partition coefficient (Wildman–Crippen LogP) is 6.27. The molecule has 0 heterocycles. The van der Waals surface area contributed by atoms with Gasteiger partial charge in [0, 0.05) is 5.69 Å². The van der Waals surface area contributed by atoms with Crippen LogP contribution >= 0.6 is 11.6 Å². The maximum atomic E-state index is 12.0. The lowest BCUT2D eigenvalue weighted by Crippen LogP contribution is -2.23. The molecule has 7 heteroatoms. The van der Waals surface area contributed by atoms with E-state index in [1.807, 2.05) is 6.92 Å². The van der Waals surface area contributed by atoms with Gasteiger partial charge in [0.15, 0.2) is 6.10 Å². The molecule has 0 aliphatic carbocycles. The van der Waals surface area contributed by atoms with Crippen LogP contribution in [0.1, 0.15) is 84.5 Å². The molecule has 0 aromatic heterocycles. The van der Waals surface area contributed by atoms with E-state index in [4.69, 9.17) is 16.3 Å². The maximum absolute atomic E-state index is 12.0. The summed E-state index contributed by atoms with van der Waals surface area (Å²) < 4.78 is 32.2. The first-order valence-corrected chi connectivity index (χ1v) is 12.9. The summed E-state index contributed by atoms with van der Waals surface area (Å²) in [6.45, 7) is 4.16. The van der Waals surface area contributed by atoms with Crippen molar-refractivity contribution in [2.75, 3.05) is 10.5 Å². The molecule has 1 N–H and O–H groups in total. The molecule has 166 valence electrons. The third-order valence-corrected chi connectivity index (χ3v) is 6.36. The van der Waals surface area contributed by atoms with E-state index in [2.05, 4.69) is 11.6 Å². The van der Waals surface area contributed by atoms with Crippen LogP contribution in [0.4, 0.5) is 5.69 Å². The van der Waals surface area contributed by atoms with Crippen LogP contribution in [0, 0.1) is 0 Å². The molecular weight excluding hydrogens is 410 g/mol. The summed E-state index contributed by atoms with van der Waals surface area (Å²) in [4.78, 5) is 11.7. The highest BCUT2D eigenvalue weighted by Gasteiger charge is 2.18. The van der Waals surface area contributed by atoms with Gasteiger partial charge in [0.2, 0.25) is 10.0 Å². The number of hydrogen-bond donors (Lipinski definition) is 1. The molecule has 0 aliphatic heterocycles. The molecule has 0 saturated carbocycles. The highest BCUT2D eigenvalue weighted by Crippen LogP contribution is 2.21. The number of unbranched alkanes of at least 4 members (excludes halogenated alkanes) is 8. The van der Waals surface area contributed by atoms with Gasteiger partial charge in [-0.1, -0.05) is 65.2 Å². The fourth-order valence-electron chi connectivity index (χ4n) is 3.01. The standard InChI is InChI=1S/C22H36ClNO4S/c1-3-5-7-8-9-10-11-12-13-21(22(23)25)28-20-16-14-19(15-17-20)24-29(26,27)18-6-4-2/h14-17,21,24H,3-13,18H2,1-2H3. The number of benzene rings is 1. The second-order valence-corrected chi connectivity index (χ2v) is 9.69. The first-order chi connectivity index (χ1) is 13.9. The molecule has 0 amide bonds. The van der Waals surface area contributed by atoms with Crippen LogP contribution in [0.5, 0.6) is 5.75 Å². The van der Waals surface area contributed by atoms with Crippen LogP contribution in [0.25, 0.3) is 0 Å². The molecule has 0 saturated heterocycles. The average molecular weight is 446 g/mol. The summed E-state index contributed by atoms with van der Waals surface area (Å²) in [6.07, 6.45) is 10.8. The first kappa shape index (κ1) is 25.8. The van der Waals surface area contributed by atoms with Crippen LogP contribution in [0.3, 0.4) is 0 Å². The molecule has 1 unspecified atom stereocenters. The molecule has 1 aromatic rings. The Labute approximate surface area is 181 Å². The zero-order valence-corrected chi connectivity index (χ0v) is 19.4. The van der Waals surface area contributed by atoms with Gasteiger partial charge in [0.1, 0.15) is 5.75 Å². The van der Waals surface area contributed by atoms with Crippen molar-refractivity contribution in [3.63, 3.8) is 0 Å². The molecule has 0 bridgehead atoms. The number of carbonyl (C=O) groups excluding carboxylic acids is 1. The Morgan fingerprint density at radius 3 is 2.03 bits per heavy atom. The SMILES string of the molecule is CCCCCCCCCCC(Oc1ccc(NS(=O)(=O)CCCC)cc1)C(=O)Cl. The number of anilines is 1. The van der Waals surface area contributed by atoms with Gasteiger partial charge in [0.05, 0.1) is 5.75 Å². The Balaban J connectivity index is 2.42. The van der Waals surface area contributed by atoms with E-state index in [1.165, 1.54) is 38.5 Å². The fraction of sp³-hybridized carbons (Fsp3) is 0.682. The summed E-state index contributed by atoms with van der Waals surface area (Å²) in [5.41, 5.74) is 0.477. The van der Waals surface area contributed by atoms with Crippen LogP contribution in [0.2, 0.25) is 0 Å². The smallest absolute Gasteiger partial charge is 0.262 e. The molecule has 1 atom stereocenters. The van der Waals surface area contributed by atoms with E-state index in [0.29, 0.717) is 24.3 Å². The van der Waals surface area contributed by atoms with Crippen molar-refractivity contribution in [1.29, 1.82) is 0 Å². The summed E-state index contributed by atoms with van der Waals surface area (Å²) in [5, 5.41) is -0.503. The topological polar surface area (TPSA) is 72.5 Å². The highest BCUT2D eigenvalue weighted by atomic mass is 35.5. The Kier molecular flexibility index (Phi) is 13.0. The minimum atomic E-state index is -3.34. The normalized spacial score (nSPS) is 12.5. The number of rotatable bonds is 17. The Morgan fingerprint density at radius 1 is 0.931 bits per heavy atom. The van der Waals surface area contributed by atoms with Gasteiger partial charge in [0.25, 0.3) is 5.24 Å². The number of halogens is 1. The molecule has 1 aromatic carbocycles. The zero-order chi connectivity index (χ0) is 21.5. The van der Waals surface area contributed by atoms with E-state index in [1.54, 1.807) is 24.3 Å². The van der Waals surface area contributed by atoms with Gasteiger partial charge in [-0.05, 0) is 55.1 Å². The number of ether oxygens (including phenoxy) is 1. The van der Waals surface area contributed by atoms with Gasteiger partial charge in [-0.3, -0.25) is 9.52 Å². The van der Waals surface area contributed by atoms with Crippen LogP contribution in [0.15, 0.2) is 24.3 Å². The number of carbonyl (C=O) groups is 1. The van der Waals surface area contributed by atoms with E-state index in [9.17, 15) is 13.2 Å². The molecule has 0 spiro atoms. The molecule has 29 heavy (non-hydrogen) atoms. The first-order valence-electron chi connectivity index (χ1n) is 10.8. The lowest BCUT2D eigenvalue weighted by molar-refractivity contribution is -0.118. The predicted molar refractivity (Wildman–Crippen MR) is 121 cm³/mol. The zero-order valence-electron chi connectivity index (χ0n) is 17.8. The van der Waals surface area contributed by atoms with Gasteiger partial charge >= 0.3 is 0 Å². The summed E-state index contributed by atoms with van der Waals surface area (Å²) >= 11 is 5.70. The largest absolute Gasteiger partial charge is 0.481 e. The highest BCUT2D eigenvalue weighted by molar-refractivity contribution is 7.92. The second-order valence-electron chi connectivity index (χ2n) is 7.47. The van der Waals surface area contributed by atoms with Crippen molar-refractivity contribution in [2.24, 2.45) is 0 Å². The Bertz CT molecular complexity index is 677. The van der Waals surface area contributed by atoms with E-state index >= 15 is 0 Å². The second kappa shape index (κ2) is 14.7. The third-order valence-electron chi connectivity index (χ3n) is 4.75. The molecule has 0 aliphatic rings. The number of sulfonamides is 1. The minimum absolute atomic E-state index is 0.100. The van der Waals surface area contributed by atoms with Crippen molar-refractivity contribution in [1.82, 2.24) is 0 Å². The summed E-state index contributed by atoms with van der Waals surface area (Å²) in [5.74, 6) is 0.600. The van der Waals surface area contributed by atoms with Crippen molar-refractivity contribution in [2.45, 2.75) is 90.6 Å². The van der Waals surface area contributed by atoms with Crippen LogP contribution in [-0.2, 0) is 14.8 Å². The third kappa shape index (κ3) is 12.1. The maximum Gasteiger partial charge on any atom is 0.262 e. The molecule has 5 nitrogen and oxygen atoms in total. The molecule has 0 radical (unpaired) electrons. The average Bonchev–Trinajstić information content (AvgIpc) is 2.68. The number of nitrogens with one attached hydrogen (secondary N) is 1. The molecule has 1 rings (SSSR count). The van der Waals surface area contributed by atoms with E-state index in [-0.39, 0.29) is 5.75 Å². The van der Waals surface area contributed by atoms with E-state index < -0.39 is 21.4 Å². The van der Waals surface area contributed by atoms with Crippen LogP contribution < -0.4 is 9.46 Å². The Hall–Kier alpha value is -1.27. The van der Waals surface area contributed by atoms with Gasteiger partial charge in [-0.2, -0.15) is 0 Å². The quantitative estimate of drug-likeness (QED) is 0.226. The fourth-order valence-corrected chi connectivity index (χ4v) is 4.43.